The number of hydrogen-bond donors (Lipinski definition) is 1. The topological polar surface area (TPSA) is 29.3 Å². The monoisotopic (exact) mass is 280 g/mol. The molecule has 7 heteroatoms. The molecule has 0 unspecified atom stereocenters. The van der Waals surface area contributed by atoms with Gasteiger partial charge in [0.1, 0.15) is 6.54 Å². The van der Waals surface area contributed by atoms with Crippen LogP contribution in [0.1, 0.15) is 18.4 Å². The average Bonchev–Trinajstić information content (AvgIpc) is 3.13. The lowest BCUT2D eigenvalue weighted by Gasteiger charge is -2.26. The number of alkyl halides is 3. The van der Waals surface area contributed by atoms with E-state index in [1.165, 1.54) is 6.07 Å². The Balaban J connectivity index is 2.34. The lowest BCUT2D eigenvalue weighted by atomic mass is 10.1. The van der Waals surface area contributed by atoms with Crippen molar-refractivity contribution in [3.8, 4) is 0 Å². The molecular formula is C12H13F5N2. The van der Waals surface area contributed by atoms with Crippen LogP contribution in [0.3, 0.4) is 0 Å². The van der Waals surface area contributed by atoms with E-state index in [0.29, 0.717) is 12.8 Å². The Morgan fingerprint density at radius 1 is 1.16 bits per heavy atom. The Kier molecular flexibility index (Phi) is 3.66. The second-order valence-corrected chi connectivity index (χ2v) is 4.55. The maximum absolute atomic E-state index is 13.8. The molecule has 0 spiro atoms. The summed E-state index contributed by atoms with van der Waals surface area (Å²) in [6, 6.07) is 2.00. The summed E-state index contributed by atoms with van der Waals surface area (Å²) in [4.78, 5) is 0.874. The van der Waals surface area contributed by atoms with Crippen LogP contribution in [0, 0.1) is 11.6 Å². The lowest BCUT2D eigenvalue weighted by molar-refractivity contribution is -0.120. The molecule has 2 nitrogen and oxygen atoms in total. The van der Waals surface area contributed by atoms with Crippen LogP contribution < -0.4 is 10.6 Å². The summed E-state index contributed by atoms with van der Waals surface area (Å²) in [6.45, 7) is -1.48. The van der Waals surface area contributed by atoms with E-state index in [1.54, 1.807) is 0 Å². The third-order valence-corrected chi connectivity index (χ3v) is 3.01. The summed E-state index contributed by atoms with van der Waals surface area (Å²) in [5.74, 6) is -2.44. The molecule has 1 aliphatic carbocycles. The maximum Gasteiger partial charge on any atom is 0.405 e. The molecule has 1 fully saturated rings. The number of anilines is 1. The fourth-order valence-corrected chi connectivity index (χ4v) is 1.95. The molecular weight excluding hydrogens is 267 g/mol. The Morgan fingerprint density at radius 3 is 2.26 bits per heavy atom. The van der Waals surface area contributed by atoms with E-state index in [2.05, 4.69) is 0 Å². The van der Waals surface area contributed by atoms with Gasteiger partial charge in [-0.25, -0.2) is 8.78 Å². The van der Waals surface area contributed by atoms with Gasteiger partial charge in [-0.05, 0) is 18.9 Å². The van der Waals surface area contributed by atoms with Crippen LogP contribution in [0.4, 0.5) is 27.6 Å². The SMILES string of the molecule is NCc1ccc(N(CC(F)(F)F)C2CC2)c(F)c1F. The molecule has 1 aromatic rings. The van der Waals surface area contributed by atoms with Gasteiger partial charge in [-0.3, -0.25) is 0 Å². The minimum absolute atomic E-state index is 0.0518. The lowest BCUT2D eigenvalue weighted by Crippen LogP contribution is -2.36. The van der Waals surface area contributed by atoms with Crippen LogP contribution in [0.5, 0.6) is 0 Å². The van der Waals surface area contributed by atoms with E-state index >= 15 is 0 Å². The zero-order chi connectivity index (χ0) is 14.2. The summed E-state index contributed by atoms with van der Waals surface area (Å²) >= 11 is 0. The predicted molar refractivity (Wildman–Crippen MR) is 60.7 cm³/mol. The van der Waals surface area contributed by atoms with Crippen molar-refractivity contribution < 1.29 is 22.0 Å². The van der Waals surface area contributed by atoms with E-state index in [4.69, 9.17) is 5.73 Å². The van der Waals surface area contributed by atoms with E-state index in [-0.39, 0.29) is 23.8 Å². The first-order chi connectivity index (χ1) is 8.83. The summed E-state index contributed by atoms with van der Waals surface area (Å²) < 4.78 is 64.8. The van der Waals surface area contributed by atoms with Gasteiger partial charge in [0, 0.05) is 18.2 Å². The quantitative estimate of drug-likeness (QED) is 0.859. The smallest absolute Gasteiger partial charge is 0.357 e. The minimum atomic E-state index is -4.46. The van der Waals surface area contributed by atoms with Gasteiger partial charge in [0.2, 0.25) is 0 Å². The van der Waals surface area contributed by atoms with Gasteiger partial charge in [-0.15, -0.1) is 0 Å². The molecule has 2 N–H and O–H groups in total. The maximum atomic E-state index is 13.8. The van der Waals surface area contributed by atoms with Gasteiger partial charge < -0.3 is 10.6 Å². The molecule has 0 saturated heterocycles. The standard InChI is InChI=1S/C12H13F5N2/c13-10-7(5-18)1-4-9(11(10)14)19(8-2-3-8)6-12(15,16)17/h1,4,8H,2-3,5-6,18H2. The largest absolute Gasteiger partial charge is 0.405 e. The third-order valence-electron chi connectivity index (χ3n) is 3.01. The van der Waals surface area contributed by atoms with Crippen LogP contribution in [-0.2, 0) is 6.54 Å². The molecule has 0 atom stereocenters. The first kappa shape index (κ1) is 14.0. The number of benzene rings is 1. The van der Waals surface area contributed by atoms with Gasteiger partial charge >= 0.3 is 6.18 Å². The van der Waals surface area contributed by atoms with Crippen molar-refractivity contribution in [1.29, 1.82) is 0 Å². The number of nitrogens with two attached hydrogens (primary N) is 1. The molecule has 0 heterocycles. The van der Waals surface area contributed by atoms with Crippen molar-refractivity contribution in [1.82, 2.24) is 0 Å². The number of halogens is 5. The Bertz CT molecular complexity index is 468. The van der Waals surface area contributed by atoms with Crippen LogP contribution in [0.15, 0.2) is 12.1 Å². The first-order valence-corrected chi connectivity index (χ1v) is 5.84. The predicted octanol–water partition coefficient (Wildman–Crippen LogP) is 2.95. The Hall–Kier alpha value is -1.37. The van der Waals surface area contributed by atoms with E-state index in [9.17, 15) is 22.0 Å². The van der Waals surface area contributed by atoms with Crippen LogP contribution in [0.2, 0.25) is 0 Å². The highest BCUT2D eigenvalue weighted by molar-refractivity contribution is 5.52. The summed E-state index contributed by atoms with van der Waals surface area (Å²) in [5, 5.41) is 0. The fraction of sp³-hybridized carbons (Fsp3) is 0.500. The molecule has 0 amide bonds. The van der Waals surface area contributed by atoms with E-state index in [0.717, 1.165) is 11.0 Å². The second-order valence-electron chi connectivity index (χ2n) is 4.55. The summed E-state index contributed by atoms with van der Waals surface area (Å²) in [6.07, 6.45) is -3.36. The molecule has 1 aromatic carbocycles. The van der Waals surface area contributed by atoms with Gasteiger partial charge in [0.15, 0.2) is 11.6 Å². The van der Waals surface area contributed by atoms with Crippen molar-refractivity contribution in [3.05, 3.63) is 29.3 Å². The van der Waals surface area contributed by atoms with Gasteiger partial charge in [-0.1, -0.05) is 6.07 Å². The molecule has 0 aliphatic heterocycles. The highest BCUT2D eigenvalue weighted by atomic mass is 19.4. The molecule has 1 aliphatic rings. The number of nitrogens with zero attached hydrogens (tertiary/aromatic N) is 1. The van der Waals surface area contributed by atoms with Crippen molar-refractivity contribution in [2.75, 3.05) is 11.4 Å². The highest BCUT2D eigenvalue weighted by Gasteiger charge is 2.39. The van der Waals surface area contributed by atoms with Crippen molar-refractivity contribution in [2.45, 2.75) is 31.6 Å². The number of rotatable bonds is 4. The first-order valence-electron chi connectivity index (χ1n) is 5.84. The molecule has 1 saturated carbocycles. The van der Waals surface area contributed by atoms with Gasteiger partial charge in [0.05, 0.1) is 5.69 Å². The molecule has 2 rings (SSSR count). The van der Waals surface area contributed by atoms with E-state index in [1.807, 2.05) is 0 Å². The van der Waals surface area contributed by atoms with Gasteiger partial charge in [-0.2, -0.15) is 13.2 Å². The zero-order valence-electron chi connectivity index (χ0n) is 9.97. The molecule has 19 heavy (non-hydrogen) atoms. The van der Waals surface area contributed by atoms with Crippen LogP contribution in [-0.4, -0.2) is 18.8 Å². The highest BCUT2D eigenvalue weighted by Crippen LogP contribution is 2.36. The zero-order valence-corrected chi connectivity index (χ0v) is 9.97. The molecule has 0 bridgehead atoms. The molecule has 106 valence electrons. The second kappa shape index (κ2) is 4.96. The molecule has 0 aromatic heterocycles. The van der Waals surface area contributed by atoms with E-state index < -0.39 is 24.4 Å². The van der Waals surface area contributed by atoms with Crippen LogP contribution >= 0.6 is 0 Å². The Labute approximate surface area is 107 Å². The van der Waals surface area contributed by atoms with Crippen molar-refractivity contribution >= 4 is 5.69 Å². The Morgan fingerprint density at radius 2 is 1.79 bits per heavy atom. The average molecular weight is 280 g/mol. The fourth-order valence-electron chi connectivity index (χ4n) is 1.95. The minimum Gasteiger partial charge on any atom is -0.357 e. The number of hydrogen-bond acceptors (Lipinski definition) is 2. The van der Waals surface area contributed by atoms with Gasteiger partial charge in [0.25, 0.3) is 0 Å². The summed E-state index contributed by atoms with van der Waals surface area (Å²) in [7, 11) is 0. The van der Waals surface area contributed by atoms with Crippen LogP contribution in [0.25, 0.3) is 0 Å². The third kappa shape index (κ3) is 3.15. The summed E-state index contributed by atoms with van der Waals surface area (Å²) in [5.41, 5.74) is 4.82. The van der Waals surface area contributed by atoms with Crippen molar-refractivity contribution in [2.24, 2.45) is 5.73 Å². The molecule has 0 radical (unpaired) electrons. The normalized spacial score (nSPS) is 15.7. The van der Waals surface area contributed by atoms with Crippen molar-refractivity contribution in [3.63, 3.8) is 0 Å².